The largest absolute Gasteiger partial charge is 0.272 e. The van der Waals surface area contributed by atoms with Crippen molar-refractivity contribution in [1.29, 1.82) is 0 Å². The fourth-order valence-electron chi connectivity index (χ4n) is 2.25. The highest BCUT2D eigenvalue weighted by atomic mass is 35.5. The van der Waals surface area contributed by atoms with E-state index in [2.05, 4.69) is 10.5 Å². The number of nitrogens with zero attached hydrogens (tertiary/aromatic N) is 2. The second-order valence-electron chi connectivity index (χ2n) is 5.77. The molecule has 27 heavy (non-hydrogen) atoms. The van der Waals surface area contributed by atoms with Crippen LogP contribution in [0.5, 0.6) is 0 Å². The molecule has 1 N–H and O–H groups in total. The summed E-state index contributed by atoms with van der Waals surface area (Å²) in [6.45, 7) is -0.133. The van der Waals surface area contributed by atoms with Gasteiger partial charge in [-0.15, -0.1) is 0 Å². The molecule has 2 rings (SSSR count). The lowest BCUT2D eigenvalue weighted by Crippen LogP contribution is -2.40. The number of amides is 1. The van der Waals surface area contributed by atoms with Crippen molar-refractivity contribution in [2.24, 2.45) is 5.10 Å². The Morgan fingerprint density at radius 2 is 1.85 bits per heavy atom. The molecule has 0 unspecified atom stereocenters. The molecule has 2 aromatic carbocycles. The van der Waals surface area contributed by atoms with E-state index in [1.165, 1.54) is 6.21 Å². The van der Waals surface area contributed by atoms with Gasteiger partial charge in [0.2, 0.25) is 10.0 Å². The Kier molecular flexibility index (Phi) is 7.79. The van der Waals surface area contributed by atoms with Crippen molar-refractivity contribution in [3.63, 3.8) is 0 Å². The minimum atomic E-state index is -3.54. The van der Waals surface area contributed by atoms with Crippen LogP contribution in [-0.2, 0) is 21.2 Å². The molecule has 0 bridgehead atoms. The van der Waals surface area contributed by atoms with Crippen LogP contribution in [0, 0.1) is 0 Å². The summed E-state index contributed by atoms with van der Waals surface area (Å²) in [6, 6.07) is 14.5. The van der Waals surface area contributed by atoms with E-state index in [1.807, 2.05) is 30.3 Å². The second kappa shape index (κ2) is 9.85. The van der Waals surface area contributed by atoms with Crippen molar-refractivity contribution in [3.8, 4) is 0 Å². The zero-order valence-corrected chi connectivity index (χ0v) is 16.9. The number of hydrogen-bond donors (Lipinski definition) is 1. The van der Waals surface area contributed by atoms with Crippen molar-refractivity contribution in [1.82, 2.24) is 9.73 Å². The summed E-state index contributed by atoms with van der Waals surface area (Å²) in [5.74, 6) is -0.553. The van der Waals surface area contributed by atoms with Gasteiger partial charge in [-0.2, -0.15) is 9.41 Å². The number of benzene rings is 2. The number of rotatable bonds is 8. The third-order valence-electron chi connectivity index (χ3n) is 3.66. The van der Waals surface area contributed by atoms with E-state index in [9.17, 15) is 13.2 Å². The summed E-state index contributed by atoms with van der Waals surface area (Å²) in [5.41, 5.74) is 3.82. The zero-order valence-electron chi connectivity index (χ0n) is 14.6. The minimum absolute atomic E-state index is 0.195. The maximum Gasteiger partial charge on any atom is 0.255 e. The molecule has 0 aromatic heterocycles. The van der Waals surface area contributed by atoms with E-state index >= 15 is 0 Å². The molecule has 0 aliphatic rings. The van der Waals surface area contributed by atoms with Crippen LogP contribution in [0.2, 0.25) is 10.0 Å². The first kappa shape index (κ1) is 21.4. The van der Waals surface area contributed by atoms with Crippen LogP contribution in [0.1, 0.15) is 11.1 Å². The molecule has 2 aromatic rings. The normalized spacial score (nSPS) is 11.9. The van der Waals surface area contributed by atoms with Gasteiger partial charge in [0.05, 0.1) is 29.1 Å². The quantitative estimate of drug-likeness (QED) is 0.519. The minimum Gasteiger partial charge on any atom is -0.272 e. The molecule has 0 atom stereocenters. The van der Waals surface area contributed by atoms with Gasteiger partial charge in [-0.3, -0.25) is 4.79 Å². The average Bonchev–Trinajstić information content (AvgIpc) is 2.62. The standard InChI is InChI=1S/C18H19Cl2N3O3S/c1-27(25,26)23(11-10-14-6-3-2-4-7-14)13-17(24)22-21-12-15-8-5-9-16(19)18(15)20/h2-9,12H,10-11,13H2,1H3,(H,22,24)/b21-12+. The van der Waals surface area contributed by atoms with Crippen LogP contribution in [0.3, 0.4) is 0 Å². The summed E-state index contributed by atoms with van der Waals surface area (Å²) < 4.78 is 25.0. The van der Waals surface area contributed by atoms with Crippen molar-refractivity contribution in [2.45, 2.75) is 6.42 Å². The van der Waals surface area contributed by atoms with E-state index in [0.717, 1.165) is 16.1 Å². The maximum atomic E-state index is 12.1. The van der Waals surface area contributed by atoms with E-state index in [-0.39, 0.29) is 13.1 Å². The Bertz CT molecular complexity index is 919. The van der Waals surface area contributed by atoms with Crippen molar-refractivity contribution < 1.29 is 13.2 Å². The molecule has 6 nitrogen and oxygen atoms in total. The molecule has 9 heteroatoms. The summed E-state index contributed by atoms with van der Waals surface area (Å²) in [7, 11) is -3.54. The number of carbonyl (C=O) groups excluding carboxylic acids is 1. The van der Waals surface area contributed by atoms with Crippen LogP contribution in [0.15, 0.2) is 53.6 Å². The molecule has 0 heterocycles. The third-order valence-corrected chi connectivity index (χ3v) is 5.74. The SMILES string of the molecule is CS(=O)(=O)N(CCc1ccccc1)CC(=O)N/N=C/c1cccc(Cl)c1Cl. The first-order valence-electron chi connectivity index (χ1n) is 8.02. The predicted molar refractivity (Wildman–Crippen MR) is 109 cm³/mol. The molecule has 1 amide bonds. The predicted octanol–water partition coefficient (Wildman–Crippen LogP) is 2.95. The van der Waals surface area contributed by atoms with Crippen molar-refractivity contribution in [2.75, 3.05) is 19.3 Å². The number of sulfonamides is 1. The Labute approximate surface area is 168 Å². The fraction of sp³-hybridized carbons (Fsp3) is 0.222. The van der Waals surface area contributed by atoms with Crippen molar-refractivity contribution in [3.05, 3.63) is 69.7 Å². The van der Waals surface area contributed by atoms with Crippen LogP contribution < -0.4 is 5.43 Å². The number of hydrogen-bond acceptors (Lipinski definition) is 4. The first-order valence-corrected chi connectivity index (χ1v) is 10.6. The summed E-state index contributed by atoms with van der Waals surface area (Å²) in [6.07, 6.45) is 2.92. The van der Waals surface area contributed by atoms with Crippen LogP contribution >= 0.6 is 23.2 Å². The molecule has 0 saturated carbocycles. The van der Waals surface area contributed by atoms with Crippen LogP contribution in [0.4, 0.5) is 0 Å². The van der Waals surface area contributed by atoms with Crippen LogP contribution in [0.25, 0.3) is 0 Å². The Morgan fingerprint density at radius 3 is 2.52 bits per heavy atom. The van der Waals surface area contributed by atoms with Gasteiger partial charge in [0.1, 0.15) is 0 Å². The van der Waals surface area contributed by atoms with E-state index < -0.39 is 15.9 Å². The molecular weight excluding hydrogens is 409 g/mol. The smallest absolute Gasteiger partial charge is 0.255 e. The number of halogens is 2. The summed E-state index contributed by atoms with van der Waals surface area (Å²) in [5, 5.41) is 4.50. The number of nitrogens with one attached hydrogen (secondary N) is 1. The lowest BCUT2D eigenvalue weighted by atomic mass is 10.1. The molecule has 0 fully saturated rings. The second-order valence-corrected chi connectivity index (χ2v) is 8.54. The average molecular weight is 428 g/mol. The fourth-order valence-corrected chi connectivity index (χ4v) is 3.38. The van der Waals surface area contributed by atoms with Gasteiger partial charge in [0, 0.05) is 12.1 Å². The van der Waals surface area contributed by atoms with E-state index in [0.29, 0.717) is 22.0 Å². The molecule has 144 valence electrons. The Hall–Kier alpha value is -1.93. The molecule has 0 spiro atoms. The Morgan fingerprint density at radius 1 is 1.15 bits per heavy atom. The molecule has 0 aliphatic carbocycles. The van der Waals surface area contributed by atoms with Gasteiger partial charge in [-0.25, -0.2) is 13.8 Å². The number of hydrazone groups is 1. The Balaban J connectivity index is 1.95. The van der Waals surface area contributed by atoms with Gasteiger partial charge < -0.3 is 0 Å². The van der Waals surface area contributed by atoms with Gasteiger partial charge in [-0.1, -0.05) is 65.7 Å². The van der Waals surface area contributed by atoms with Gasteiger partial charge in [-0.05, 0) is 18.1 Å². The summed E-state index contributed by atoms with van der Waals surface area (Å²) in [4.78, 5) is 12.1. The van der Waals surface area contributed by atoms with E-state index in [4.69, 9.17) is 23.2 Å². The van der Waals surface area contributed by atoms with E-state index in [1.54, 1.807) is 18.2 Å². The van der Waals surface area contributed by atoms with Crippen LogP contribution in [-0.4, -0.2) is 44.2 Å². The zero-order chi connectivity index (χ0) is 19.9. The third kappa shape index (κ3) is 6.95. The first-order chi connectivity index (χ1) is 12.8. The van der Waals surface area contributed by atoms with Crippen molar-refractivity contribution >= 4 is 45.3 Å². The van der Waals surface area contributed by atoms with Gasteiger partial charge in [0.25, 0.3) is 5.91 Å². The topological polar surface area (TPSA) is 78.8 Å². The maximum absolute atomic E-state index is 12.1. The molecule has 0 saturated heterocycles. The highest BCUT2D eigenvalue weighted by molar-refractivity contribution is 7.88. The molecule has 0 radical (unpaired) electrons. The lowest BCUT2D eigenvalue weighted by molar-refractivity contribution is -0.121. The number of carbonyl (C=O) groups is 1. The highest BCUT2D eigenvalue weighted by Gasteiger charge is 2.19. The highest BCUT2D eigenvalue weighted by Crippen LogP contribution is 2.24. The lowest BCUT2D eigenvalue weighted by Gasteiger charge is -2.18. The molecule has 0 aliphatic heterocycles. The van der Waals surface area contributed by atoms with Gasteiger partial charge in [0.15, 0.2) is 0 Å². The van der Waals surface area contributed by atoms with Gasteiger partial charge >= 0.3 is 0 Å². The molecular formula is C18H19Cl2N3O3S. The summed E-state index contributed by atoms with van der Waals surface area (Å²) >= 11 is 11.9. The monoisotopic (exact) mass is 427 g/mol.